The van der Waals surface area contributed by atoms with Crippen molar-refractivity contribution in [3.63, 3.8) is 0 Å². The van der Waals surface area contributed by atoms with Crippen LogP contribution in [-0.4, -0.2) is 26.2 Å². The molecule has 2 aromatic carbocycles. The van der Waals surface area contributed by atoms with E-state index in [0.29, 0.717) is 39.4 Å². The molecule has 0 spiro atoms. The molecule has 2 aromatic rings. The van der Waals surface area contributed by atoms with Crippen LogP contribution in [0.4, 0.5) is 5.69 Å². The summed E-state index contributed by atoms with van der Waals surface area (Å²) in [7, 11) is 2.99. The van der Waals surface area contributed by atoms with Crippen molar-refractivity contribution >= 4 is 34.8 Å². The monoisotopic (exact) mass is 383 g/mol. The highest BCUT2D eigenvalue weighted by molar-refractivity contribution is 6.32. The van der Waals surface area contributed by atoms with Gasteiger partial charge in [-0.2, -0.15) is 0 Å². The van der Waals surface area contributed by atoms with Gasteiger partial charge in [0.1, 0.15) is 17.2 Å². The molecule has 0 radical (unpaired) electrons. The third kappa shape index (κ3) is 4.94. The number of halogens is 2. The molecule has 0 saturated carbocycles. The van der Waals surface area contributed by atoms with Crippen LogP contribution in [0.15, 0.2) is 36.4 Å². The highest BCUT2D eigenvalue weighted by Gasteiger charge is 2.21. The first-order valence-corrected chi connectivity index (χ1v) is 8.38. The lowest BCUT2D eigenvalue weighted by Gasteiger charge is -2.19. The Balaban J connectivity index is 2.19. The Labute approximate surface area is 156 Å². The van der Waals surface area contributed by atoms with E-state index in [9.17, 15) is 4.79 Å². The molecule has 0 aliphatic rings. The SMILES string of the molecule is CC[C@H](Oc1cccc(Cl)c1)C(=O)Nc1cc(OC)c(Cl)cc1OC. The summed E-state index contributed by atoms with van der Waals surface area (Å²) < 4.78 is 16.2. The highest BCUT2D eigenvalue weighted by Crippen LogP contribution is 2.36. The van der Waals surface area contributed by atoms with Crippen molar-refractivity contribution in [1.82, 2.24) is 0 Å². The number of amides is 1. The second-order valence-electron chi connectivity index (χ2n) is 5.15. The molecule has 1 atom stereocenters. The summed E-state index contributed by atoms with van der Waals surface area (Å²) in [6.45, 7) is 1.86. The van der Waals surface area contributed by atoms with Gasteiger partial charge in [-0.3, -0.25) is 4.79 Å². The number of methoxy groups -OCH3 is 2. The average molecular weight is 384 g/mol. The summed E-state index contributed by atoms with van der Waals surface area (Å²) >= 11 is 12.0. The zero-order chi connectivity index (χ0) is 18.4. The molecule has 0 unspecified atom stereocenters. The summed E-state index contributed by atoms with van der Waals surface area (Å²) in [6.07, 6.45) is -0.212. The molecule has 25 heavy (non-hydrogen) atoms. The van der Waals surface area contributed by atoms with Gasteiger partial charge in [0.2, 0.25) is 0 Å². The summed E-state index contributed by atoms with van der Waals surface area (Å²) in [5.41, 5.74) is 0.446. The molecule has 1 amide bonds. The van der Waals surface area contributed by atoms with Crippen LogP contribution in [0.5, 0.6) is 17.2 Å². The van der Waals surface area contributed by atoms with Crippen LogP contribution < -0.4 is 19.5 Å². The molecule has 0 bridgehead atoms. The third-order valence-corrected chi connectivity index (χ3v) is 4.00. The number of rotatable bonds is 7. The van der Waals surface area contributed by atoms with Crippen molar-refractivity contribution in [2.45, 2.75) is 19.4 Å². The van der Waals surface area contributed by atoms with E-state index in [1.165, 1.54) is 14.2 Å². The van der Waals surface area contributed by atoms with Gasteiger partial charge in [0.25, 0.3) is 5.91 Å². The number of hydrogen-bond acceptors (Lipinski definition) is 4. The second kappa shape index (κ2) is 8.83. The lowest BCUT2D eigenvalue weighted by molar-refractivity contribution is -0.122. The van der Waals surface area contributed by atoms with Crippen LogP contribution in [0.2, 0.25) is 10.0 Å². The smallest absolute Gasteiger partial charge is 0.265 e. The summed E-state index contributed by atoms with van der Waals surface area (Å²) in [5.74, 6) is 1.07. The Morgan fingerprint density at radius 1 is 1.12 bits per heavy atom. The fourth-order valence-electron chi connectivity index (χ4n) is 2.20. The molecule has 0 fully saturated rings. The van der Waals surface area contributed by atoms with E-state index in [1.54, 1.807) is 36.4 Å². The van der Waals surface area contributed by atoms with Crippen molar-refractivity contribution in [3.8, 4) is 17.2 Å². The van der Waals surface area contributed by atoms with Crippen molar-refractivity contribution in [2.24, 2.45) is 0 Å². The second-order valence-corrected chi connectivity index (χ2v) is 5.99. The molecular weight excluding hydrogens is 365 g/mol. The number of hydrogen-bond donors (Lipinski definition) is 1. The van der Waals surface area contributed by atoms with E-state index in [1.807, 2.05) is 6.92 Å². The Kier molecular flexibility index (Phi) is 6.79. The highest BCUT2D eigenvalue weighted by atomic mass is 35.5. The molecule has 5 nitrogen and oxygen atoms in total. The lowest BCUT2D eigenvalue weighted by atomic mass is 10.2. The van der Waals surface area contributed by atoms with Gasteiger partial charge in [0.15, 0.2) is 6.10 Å². The largest absolute Gasteiger partial charge is 0.495 e. The van der Waals surface area contributed by atoms with Gasteiger partial charge in [-0.05, 0) is 24.6 Å². The first-order valence-electron chi connectivity index (χ1n) is 7.63. The zero-order valence-electron chi connectivity index (χ0n) is 14.1. The van der Waals surface area contributed by atoms with E-state index in [4.69, 9.17) is 37.4 Å². The molecule has 0 aromatic heterocycles. The van der Waals surface area contributed by atoms with Crippen molar-refractivity contribution in [2.75, 3.05) is 19.5 Å². The Morgan fingerprint density at radius 2 is 1.84 bits per heavy atom. The maximum atomic E-state index is 12.6. The number of carbonyl (C=O) groups excluding carboxylic acids is 1. The third-order valence-electron chi connectivity index (χ3n) is 3.47. The minimum Gasteiger partial charge on any atom is -0.495 e. The van der Waals surface area contributed by atoms with Crippen LogP contribution in [0, 0.1) is 0 Å². The number of nitrogens with one attached hydrogen (secondary N) is 1. The van der Waals surface area contributed by atoms with Gasteiger partial charge in [0, 0.05) is 17.2 Å². The molecule has 2 rings (SSSR count). The molecular formula is C18H19Cl2NO4. The zero-order valence-corrected chi connectivity index (χ0v) is 15.6. The van der Waals surface area contributed by atoms with E-state index in [-0.39, 0.29) is 5.91 Å². The number of ether oxygens (including phenoxy) is 3. The minimum atomic E-state index is -0.690. The molecule has 0 aliphatic heterocycles. The van der Waals surface area contributed by atoms with Crippen LogP contribution in [-0.2, 0) is 4.79 Å². The normalized spacial score (nSPS) is 11.6. The Bertz CT molecular complexity index is 752. The summed E-state index contributed by atoms with van der Waals surface area (Å²) in [6, 6.07) is 10.1. The van der Waals surface area contributed by atoms with Crippen molar-refractivity contribution in [1.29, 1.82) is 0 Å². The van der Waals surface area contributed by atoms with Gasteiger partial charge in [-0.1, -0.05) is 36.2 Å². The maximum Gasteiger partial charge on any atom is 0.265 e. The summed E-state index contributed by atoms with van der Waals surface area (Å²) in [4.78, 5) is 12.6. The van der Waals surface area contributed by atoms with Gasteiger partial charge in [0.05, 0.1) is 24.9 Å². The van der Waals surface area contributed by atoms with Gasteiger partial charge in [-0.25, -0.2) is 0 Å². The standard InChI is InChI=1S/C18H19Cl2NO4/c1-4-15(25-12-7-5-6-11(19)8-12)18(22)21-14-10-16(23-2)13(20)9-17(14)24-3/h5-10,15H,4H2,1-3H3,(H,21,22)/t15-/m0/s1. The maximum absolute atomic E-state index is 12.6. The quantitative estimate of drug-likeness (QED) is 0.745. The first kappa shape index (κ1) is 19.2. The Morgan fingerprint density at radius 3 is 2.44 bits per heavy atom. The fraction of sp³-hybridized carbons (Fsp3) is 0.278. The topological polar surface area (TPSA) is 56.8 Å². The van der Waals surface area contributed by atoms with E-state index < -0.39 is 6.10 Å². The number of benzene rings is 2. The number of carbonyl (C=O) groups is 1. The molecule has 1 N–H and O–H groups in total. The summed E-state index contributed by atoms with van der Waals surface area (Å²) in [5, 5.41) is 3.72. The molecule has 134 valence electrons. The number of anilines is 1. The fourth-order valence-corrected chi connectivity index (χ4v) is 2.61. The molecule has 0 heterocycles. The van der Waals surface area contributed by atoms with Crippen molar-refractivity contribution < 1.29 is 19.0 Å². The average Bonchev–Trinajstić information content (AvgIpc) is 2.60. The van der Waals surface area contributed by atoms with Crippen LogP contribution in [0.25, 0.3) is 0 Å². The van der Waals surface area contributed by atoms with Gasteiger partial charge < -0.3 is 19.5 Å². The van der Waals surface area contributed by atoms with Crippen LogP contribution in [0.3, 0.4) is 0 Å². The van der Waals surface area contributed by atoms with Gasteiger partial charge in [-0.15, -0.1) is 0 Å². The lowest BCUT2D eigenvalue weighted by Crippen LogP contribution is -2.32. The van der Waals surface area contributed by atoms with E-state index in [0.717, 1.165) is 0 Å². The van der Waals surface area contributed by atoms with Crippen LogP contribution in [0.1, 0.15) is 13.3 Å². The van der Waals surface area contributed by atoms with Crippen molar-refractivity contribution in [3.05, 3.63) is 46.4 Å². The predicted octanol–water partition coefficient (Wildman–Crippen LogP) is 4.81. The van der Waals surface area contributed by atoms with E-state index in [2.05, 4.69) is 5.32 Å². The van der Waals surface area contributed by atoms with Crippen LogP contribution >= 0.6 is 23.2 Å². The first-order chi connectivity index (χ1) is 12.0. The predicted molar refractivity (Wildman–Crippen MR) is 99.3 cm³/mol. The Hall–Kier alpha value is -2.11. The molecule has 0 aliphatic carbocycles. The molecule has 7 heteroatoms. The van der Waals surface area contributed by atoms with Gasteiger partial charge >= 0.3 is 0 Å². The molecule has 0 saturated heterocycles. The minimum absolute atomic E-state index is 0.315. The van der Waals surface area contributed by atoms with E-state index >= 15 is 0 Å².